The third-order valence-electron chi connectivity index (χ3n) is 12.1. The van der Waals surface area contributed by atoms with E-state index in [0.717, 1.165) is 46.1 Å². The van der Waals surface area contributed by atoms with Crippen molar-refractivity contribution in [3.8, 4) is 50.9 Å². The van der Waals surface area contributed by atoms with Gasteiger partial charge in [0.1, 0.15) is 0 Å². The monoisotopic (exact) mass is 817 g/mol. The number of nitrogens with zero attached hydrogens (tertiary/aromatic N) is 2. The molecule has 0 aliphatic heterocycles. The molecule has 10 aromatic rings. The van der Waals surface area contributed by atoms with Crippen molar-refractivity contribution in [3.05, 3.63) is 248 Å². The van der Waals surface area contributed by atoms with Gasteiger partial charge >= 0.3 is 0 Å². The van der Waals surface area contributed by atoms with E-state index in [1.54, 1.807) is 0 Å². The minimum Gasteiger partial charge on any atom is -0.356 e. The Morgan fingerprint density at radius 1 is 0.406 bits per heavy atom. The summed E-state index contributed by atoms with van der Waals surface area (Å²) in [5.74, 6) is 6.25. The normalized spacial score (nSPS) is 12.0. The Morgan fingerprint density at radius 3 is 1.47 bits per heavy atom. The lowest BCUT2D eigenvalue weighted by Crippen LogP contribution is -2.09. The van der Waals surface area contributed by atoms with E-state index in [2.05, 4.69) is 245 Å². The van der Waals surface area contributed by atoms with Gasteiger partial charge in [-0.3, -0.25) is 0 Å². The van der Waals surface area contributed by atoms with Gasteiger partial charge in [-0.1, -0.05) is 145 Å². The van der Waals surface area contributed by atoms with Crippen LogP contribution in [0.25, 0.3) is 66.4 Å². The maximum absolute atomic E-state index is 3.52. The molecular formula is C61H43N3. The van der Waals surface area contributed by atoms with Crippen molar-refractivity contribution in [1.82, 2.24) is 4.57 Å². The highest BCUT2D eigenvalue weighted by molar-refractivity contribution is 6.11. The molecule has 0 radical (unpaired) electrons. The molecule has 9 aromatic carbocycles. The SMILES string of the molecule is C1#CCC=C(c2ccc(N(c3ccccc3)c3ccc(-c4ccc5c(c4)c4cc(-c6ccc(Nc7ccccc7)cc6)ccc4n5-c4ccc(-c5ccccc5)cc4)cc3)cc2)C=C1. The first-order valence-corrected chi connectivity index (χ1v) is 21.8. The highest BCUT2D eigenvalue weighted by Gasteiger charge is 2.17. The topological polar surface area (TPSA) is 20.2 Å². The third-order valence-corrected chi connectivity index (χ3v) is 12.1. The van der Waals surface area contributed by atoms with Crippen molar-refractivity contribution >= 4 is 55.8 Å². The number of hydrogen-bond acceptors (Lipinski definition) is 2. The lowest BCUT2D eigenvalue weighted by atomic mass is 9.99. The highest BCUT2D eigenvalue weighted by atomic mass is 15.1. The summed E-state index contributed by atoms with van der Waals surface area (Å²) < 4.78 is 2.41. The summed E-state index contributed by atoms with van der Waals surface area (Å²) in [4.78, 5) is 2.32. The molecule has 11 rings (SSSR count). The molecule has 0 saturated heterocycles. The smallest absolute Gasteiger partial charge is 0.0541 e. The predicted molar refractivity (Wildman–Crippen MR) is 271 cm³/mol. The zero-order chi connectivity index (χ0) is 42.7. The number of allylic oxidation sites excluding steroid dienone is 4. The first kappa shape index (κ1) is 38.3. The van der Waals surface area contributed by atoms with Crippen molar-refractivity contribution in [2.75, 3.05) is 10.2 Å². The fourth-order valence-corrected chi connectivity index (χ4v) is 8.85. The molecule has 1 heterocycles. The lowest BCUT2D eigenvalue weighted by molar-refractivity contribution is 1.18. The number of benzene rings is 9. The standard InChI is InChI=1S/C61H43N3/c1-2-7-15-44(14-6-1)46-24-34-55(35-25-46)63(54-20-12-5-13-21-54)56-36-28-49(29-37-56)51-31-41-61-59(43-51)58-42-50(48-22-32-53(33-23-48)62-52-18-10-4-11-19-52)30-40-60(58)64(61)57-38-26-47(27-39-57)45-16-8-3-9-17-45/h3-6,8-43,62H,7H2. The van der Waals surface area contributed by atoms with Crippen LogP contribution in [0.4, 0.5) is 28.4 Å². The van der Waals surface area contributed by atoms with E-state index in [9.17, 15) is 0 Å². The minimum absolute atomic E-state index is 0.758. The van der Waals surface area contributed by atoms with Crippen LogP contribution in [-0.2, 0) is 0 Å². The van der Waals surface area contributed by atoms with Crippen LogP contribution >= 0.6 is 0 Å². The van der Waals surface area contributed by atoms with Gasteiger partial charge in [0.25, 0.3) is 0 Å². The highest BCUT2D eigenvalue weighted by Crippen LogP contribution is 2.40. The minimum atomic E-state index is 0.758. The van der Waals surface area contributed by atoms with Crippen LogP contribution in [0.1, 0.15) is 12.0 Å². The molecule has 1 N–H and O–H groups in total. The molecule has 0 spiro atoms. The van der Waals surface area contributed by atoms with Crippen LogP contribution in [0.2, 0.25) is 0 Å². The number of anilines is 5. The Kier molecular flexibility index (Phi) is 10.2. The molecule has 0 unspecified atom stereocenters. The van der Waals surface area contributed by atoms with Gasteiger partial charge in [0.05, 0.1) is 11.0 Å². The molecule has 3 nitrogen and oxygen atoms in total. The molecule has 1 aliphatic carbocycles. The van der Waals surface area contributed by atoms with Crippen molar-refractivity contribution < 1.29 is 0 Å². The van der Waals surface area contributed by atoms with Gasteiger partial charge in [0, 0.05) is 51.3 Å². The van der Waals surface area contributed by atoms with E-state index in [-0.39, 0.29) is 0 Å². The van der Waals surface area contributed by atoms with Gasteiger partial charge in [-0.15, -0.1) is 0 Å². The van der Waals surface area contributed by atoms with Gasteiger partial charge in [0.15, 0.2) is 0 Å². The van der Waals surface area contributed by atoms with Gasteiger partial charge in [-0.05, 0) is 154 Å². The molecule has 3 heteroatoms. The molecule has 0 fully saturated rings. The van der Waals surface area contributed by atoms with Crippen LogP contribution in [0, 0.1) is 11.8 Å². The summed E-state index contributed by atoms with van der Waals surface area (Å²) in [6.45, 7) is 0. The van der Waals surface area contributed by atoms with Gasteiger partial charge in [-0.2, -0.15) is 0 Å². The van der Waals surface area contributed by atoms with Gasteiger partial charge in [-0.25, -0.2) is 0 Å². The number of rotatable bonds is 10. The Labute approximate surface area is 374 Å². The Hall–Kier alpha value is -8.58. The van der Waals surface area contributed by atoms with Crippen molar-refractivity contribution in [2.24, 2.45) is 0 Å². The summed E-state index contributed by atoms with van der Waals surface area (Å²) in [5.41, 5.74) is 18.4. The van der Waals surface area contributed by atoms with Crippen molar-refractivity contribution in [3.63, 3.8) is 0 Å². The van der Waals surface area contributed by atoms with Crippen LogP contribution in [0.15, 0.2) is 243 Å². The molecule has 302 valence electrons. The van der Waals surface area contributed by atoms with E-state index in [1.807, 2.05) is 24.3 Å². The number of para-hydroxylation sites is 2. The van der Waals surface area contributed by atoms with Crippen LogP contribution in [-0.4, -0.2) is 4.57 Å². The van der Waals surface area contributed by atoms with Crippen LogP contribution < -0.4 is 10.2 Å². The average Bonchev–Trinajstić information content (AvgIpc) is 3.46. The average molecular weight is 818 g/mol. The quantitative estimate of drug-likeness (QED) is 0.139. The molecule has 0 atom stereocenters. The molecule has 0 saturated carbocycles. The van der Waals surface area contributed by atoms with E-state index >= 15 is 0 Å². The predicted octanol–water partition coefficient (Wildman–Crippen LogP) is 16.3. The number of nitrogens with one attached hydrogen (secondary N) is 1. The fourth-order valence-electron chi connectivity index (χ4n) is 8.85. The third kappa shape index (κ3) is 7.66. The number of fused-ring (bicyclic) bond motifs is 3. The van der Waals surface area contributed by atoms with Crippen LogP contribution in [0.3, 0.4) is 0 Å². The molecule has 1 aromatic heterocycles. The zero-order valence-electron chi connectivity index (χ0n) is 35.2. The molecule has 64 heavy (non-hydrogen) atoms. The zero-order valence-corrected chi connectivity index (χ0v) is 35.2. The van der Waals surface area contributed by atoms with E-state index in [4.69, 9.17) is 0 Å². The largest absolute Gasteiger partial charge is 0.356 e. The van der Waals surface area contributed by atoms with Gasteiger partial charge < -0.3 is 14.8 Å². The van der Waals surface area contributed by atoms with E-state index < -0.39 is 0 Å². The molecule has 0 bridgehead atoms. The number of hydrogen-bond donors (Lipinski definition) is 1. The summed E-state index contributed by atoms with van der Waals surface area (Å²) in [5, 5.41) is 5.95. The first-order chi connectivity index (χ1) is 31.7. The number of aromatic nitrogens is 1. The maximum atomic E-state index is 3.52. The maximum Gasteiger partial charge on any atom is 0.0541 e. The second kappa shape index (κ2) is 17.1. The summed E-state index contributed by atoms with van der Waals surface area (Å²) in [6.07, 6.45) is 6.99. The van der Waals surface area contributed by atoms with E-state index in [1.165, 1.54) is 60.8 Å². The second-order valence-corrected chi connectivity index (χ2v) is 16.1. The van der Waals surface area contributed by atoms with Crippen molar-refractivity contribution in [1.29, 1.82) is 0 Å². The fraction of sp³-hybridized carbons (Fsp3) is 0.0164. The van der Waals surface area contributed by atoms with Crippen LogP contribution in [0.5, 0.6) is 0 Å². The molecule has 0 amide bonds. The molecular weight excluding hydrogens is 775 g/mol. The second-order valence-electron chi connectivity index (χ2n) is 16.1. The van der Waals surface area contributed by atoms with Crippen molar-refractivity contribution in [2.45, 2.75) is 6.42 Å². The Bertz CT molecular complexity index is 3370. The summed E-state index contributed by atoms with van der Waals surface area (Å²) in [6, 6.07) is 80.7. The molecule has 1 aliphatic rings. The first-order valence-electron chi connectivity index (χ1n) is 21.8. The van der Waals surface area contributed by atoms with E-state index in [0.29, 0.717) is 0 Å². The Balaban J connectivity index is 0.968. The lowest BCUT2D eigenvalue weighted by Gasteiger charge is -2.26. The summed E-state index contributed by atoms with van der Waals surface area (Å²) in [7, 11) is 0. The van der Waals surface area contributed by atoms with Gasteiger partial charge in [0.2, 0.25) is 0 Å². The summed E-state index contributed by atoms with van der Waals surface area (Å²) >= 11 is 0. The Morgan fingerprint density at radius 2 is 0.859 bits per heavy atom.